The van der Waals surface area contributed by atoms with Crippen molar-refractivity contribution in [3.63, 3.8) is 0 Å². The quantitative estimate of drug-likeness (QED) is 0.186. The van der Waals surface area contributed by atoms with Gasteiger partial charge in [-0.15, -0.1) is 0 Å². The molecule has 0 fully saturated rings. The summed E-state index contributed by atoms with van der Waals surface area (Å²) in [4.78, 5) is 29.2. The van der Waals surface area contributed by atoms with E-state index in [9.17, 15) is 9.59 Å². The van der Waals surface area contributed by atoms with Crippen LogP contribution in [-0.4, -0.2) is 41.6 Å². The zero-order valence-electron chi connectivity index (χ0n) is 18.5. The van der Waals surface area contributed by atoms with Crippen molar-refractivity contribution in [2.75, 3.05) is 19.8 Å². The second-order valence-electron chi connectivity index (χ2n) is 7.14. The van der Waals surface area contributed by atoms with Gasteiger partial charge in [-0.25, -0.2) is 14.6 Å². The molecule has 0 saturated heterocycles. The second kappa shape index (κ2) is 15.8. The van der Waals surface area contributed by atoms with Gasteiger partial charge in [0.05, 0.1) is 19.8 Å². The monoisotopic (exact) mass is 437 g/mol. The van der Waals surface area contributed by atoms with Crippen molar-refractivity contribution in [3.05, 3.63) is 23.5 Å². The van der Waals surface area contributed by atoms with Crippen LogP contribution in [0.2, 0.25) is 0 Å². The molecular formula is C23H35NO5S. The van der Waals surface area contributed by atoms with E-state index < -0.39 is 11.9 Å². The molecule has 30 heavy (non-hydrogen) atoms. The van der Waals surface area contributed by atoms with Crippen LogP contribution in [0.1, 0.15) is 99.5 Å². The average Bonchev–Trinajstić information content (AvgIpc) is 2.72. The van der Waals surface area contributed by atoms with Crippen LogP contribution in [0.25, 0.3) is 0 Å². The highest BCUT2D eigenvalue weighted by molar-refractivity contribution is 7.80. The van der Waals surface area contributed by atoms with E-state index in [1.165, 1.54) is 50.7 Å². The number of unbranched alkanes of at least 4 members (excludes halogenated alkanes) is 7. The molecule has 0 aliphatic heterocycles. The Morgan fingerprint density at radius 3 is 1.77 bits per heavy atom. The summed E-state index contributed by atoms with van der Waals surface area (Å²) < 4.78 is 15.7. The van der Waals surface area contributed by atoms with Gasteiger partial charge in [-0.3, -0.25) is 0 Å². The number of aromatic nitrogens is 1. The third kappa shape index (κ3) is 11.2. The molecule has 1 heterocycles. The van der Waals surface area contributed by atoms with Crippen molar-refractivity contribution >= 4 is 29.0 Å². The summed E-state index contributed by atoms with van der Waals surface area (Å²) in [5.41, 5.74) is 0.0856. The molecule has 7 heteroatoms. The van der Waals surface area contributed by atoms with E-state index in [1.807, 2.05) is 6.92 Å². The molecule has 0 unspecified atom stereocenters. The summed E-state index contributed by atoms with van der Waals surface area (Å²) >= 11 is 5.09. The number of carbonyl (C=O) groups is 2. The Kier molecular flexibility index (Phi) is 13.7. The van der Waals surface area contributed by atoms with E-state index in [0.29, 0.717) is 12.4 Å². The third-order valence-electron chi connectivity index (χ3n) is 4.46. The average molecular weight is 438 g/mol. The lowest BCUT2D eigenvalue weighted by Gasteiger charge is -2.10. The molecule has 0 N–H and O–H groups in total. The van der Waals surface area contributed by atoms with Gasteiger partial charge in [0.2, 0.25) is 0 Å². The maximum absolute atomic E-state index is 12.0. The molecule has 1 rings (SSSR count). The first-order chi connectivity index (χ1) is 14.5. The lowest BCUT2D eigenvalue weighted by molar-refractivity contribution is 0.0510. The minimum absolute atomic E-state index is 0.0428. The van der Waals surface area contributed by atoms with Crippen molar-refractivity contribution < 1.29 is 23.8 Å². The second-order valence-corrected chi connectivity index (χ2v) is 7.84. The lowest BCUT2D eigenvalue weighted by atomic mass is 10.1. The Morgan fingerprint density at radius 2 is 1.30 bits per heavy atom. The van der Waals surface area contributed by atoms with Gasteiger partial charge in [0.1, 0.15) is 5.75 Å². The maximum atomic E-state index is 12.0. The standard InChI is InChI=1S/C23H35NO5S/c1-4-27-22(25)20-16-19(17-21(24-20)23(26)28-5-2)29-15-13-11-9-7-6-8-10-12-14-18(3)30/h16-17H,4-15H2,1-3H3. The van der Waals surface area contributed by atoms with Crippen molar-refractivity contribution in [2.24, 2.45) is 0 Å². The summed E-state index contributed by atoms with van der Waals surface area (Å²) in [7, 11) is 0. The molecule has 168 valence electrons. The third-order valence-corrected chi connectivity index (χ3v) is 4.66. The number of nitrogens with zero attached hydrogens (tertiary/aromatic N) is 1. The molecule has 0 aliphatic carbocycles. The molecule has 0 radical (unpaired) electrons. The SMILES string of the molecule is CCOC(=O)c1cc(OCCCCCCCCCCC(C)=S)cc(C(=O)OCC)n1. The molecule has 0 bridgehead atoms. The molecule has 0 aromatic carbocycles. The van der Waals surface area contributed by atoms with E-state index >= 15 is 0 Å². The van der Waals surface area contributed by atoms with E-state index in [-0.39, 0.29) is 24.6 Å². The van der Waals surface area contributed by atoms with E-state index in [1.54, 1.807) is 13.8 Å². The van der Waals surface area contributed by atoms with Gasteiger partial charge in [-0.1, -0.05) is 50.7 Å². The van der Waals surface area contributed by atoms with Crippen molar-refractivity contribution in [1.29, 1.82) is 0 Å². The fraction of sp³-hybridized carbons (Fsp3) is 0.652. The number of ether oxygens (including phenoxy) is 3. The highest BCUT2D eigenvalue weighted by Gasteiger charge is 2.17. The van der Waals surface area contributed by atoms with Crippen LogP contribution in [0.15, 0.2) is 12.1 Å². The van der Waals surface area contributed by atoms with Crippen molar-refractivity contribution in [2.45, 2.75) is 78.6 Å². The number of esters is 2. The molecule has 0 spiro atoms. The van der Waals surface area contributed by atoms with Crippen molar-refractivity contribution in [1.82, 2.24) is 4.98 Å². The lowest BCUT2D eigenvalue weighted by Crippen LogP contribution is -2.13. The fourth-order valence-electron chi connectivity index (χ4n) is 2.93. The first kappa shape index (κ1) is 26.0. The molecule has 6 nitrogen and oxygen atoms in total. The van der Waals surface area contributed by atoms with Crippen molar-refractivity contribution in [3.8, 4) is 5.75 Å². The molecule has 0 saturated carbocycles. The van der Waals surface area contributed by atoms with Gasteiger partial charge < -0.3 is 14.2 Å². The number of thiocarbonyl (C=S) groups is 1. The fourth-order valence-corrected chi connectivity index (χ4v) is 3.08. The minimum Gasteiger partial charge on any atom is -0.493 e. The normalized spacial score (nSPS) is 10.5. The van der Waals surface area contributed by atoms with E-state index in [2.05, 4.69) is 4.98 Å². The number of carbonyl (C=O) groups excluding carboxylic acids is 2. The largest absolute Gasteiger partial charge is 0.493 e. The molecule has 0 amide bonds. The van der Waals surface area contributed by atoms with Crippen LogP contribution in [0, 0.1) is 0 Å². The Hall–Kier alpha value is -2.02. The summed E-state index contributed by atoms with van der Waals surface area (Å²) in [6.07, 6.45) is 10.4. The molecule has 1 aromatic rings. The summed E-state index contributed by atoms with van der Waals surface area (Å²) in [6.45, 7) is 6.41. The Labute approximate surface area is 185 Å². The Bertz CT molecular complexity index is 641. The Morgan fingerprint density at radius 1 is 0.833 bits per heavy atom. The van der Waals surface area contributed by atoms with Crippen LogP contribution in [0.3, 0.4) is 0 Å². The first-order valence-corrected chi connectivity index (χ1v) is 11.4. The van der Waals surface area contributed by atoms with Gasteiger partial charge in [0.15, 0.2) is 11.4 Å². The predicted octanol–water partition coefficient (Wildman–Crippen LogP) is 5.71. The predicted molar refractivity (Wildman–Crippen MR) is 121 cm³/mol. The minimum atomic E-state index is -0.589. The Balaban J connectivity index is 2.38. The zero-order chi connectivity index (χ0) is 22.2. The van der Waals surface area contributed by atoms with E-state index in [0.717, 1.165) is 24.1 Å². The molecule has 1 aromatic heterocycles. The van der Waals surface area contributed by atoms with Gasteiger partial charge in [0.25, 0.3) is 0 Å². The van der Waals surface area contributed by atoms with Crippen LogP contribution in [0.5, 0.6) is 5.75 Å². The summed E-state index contributed by atoms with van der Waals surface area (Å²) in [6, 6.07) is 3.01. The number of pyridine rings is 1. The summed E-state index contributed by atoms with van der Waals surface area (Å²) in [5, 5.41) is 0. The van der Waals surface area contributed by atoms with Crippen LogP contribution >= 0.6 is 12.2 Å². The molecule has 0 aliphatic rings. The smallest absolute Gasteiger partial charge is 0.357 e. The highest BCUT2D eigenvalue weighted by Crippen LogP contribution is 2.17. The number of hydrogen-bond acceptors (Lipinski definition) is 7. The number of rotatable bonds is 16. The highest BCUT2D eigenvalue weighted by atomic mass is 32.1. The van der Waals surface area contributed by atoms with Crippen LogP contribution in [-0.2, 0) is 9.47 Å². The first-order valence-electron chi connectivity index (χ1n) is 11.0. The van der Waals surface area contributed by atoms with E-state index in [4.69, 9.17) is 26.4 Å². The van der Waals surface area contributed by atoms with Crippen LogP contribution < -0.4 is 4.74 Å². The van der Waals surface area contributed by atoms with Gasteiger partial charge >= 0.3 is 11.9 Å². The molecular weight excluding hydrogens is 402 g/mol. The summed E-state index contributed by atoms with van der Waals surface area (Å²) in [5.74, 6) is -0.756. The van der Waals surface area contributed by atoms with Gasteiger partial charge in [-0.05, 0) is 44.9 Å². The van der Waals surface area contributed by atoms with Gasteiger partial charge in [0, 0.05) is 12.1 Å². The van der Waals surface area contributed by atoms with Crippen LogP contribution in [0.4, 0.5) is 0 Å². The maximum Gasteiger partial charge on any atom is 0.357 e. The topological polar surface area (TPSA) is 74.7 Å². The number of hydrogen-bond donors (Lipinski definition) is 0. The zero-order valence-corrected chi connectivity index (χ0v) is 19.4. The molecule has 0 atom stereocenters. The van der Waals surface area contributed by atoms with Gasteiger partial charge in [-0.2, -0.15) is 0 Å².